The Morgan fingerprint density at radius 1 is 1.13 bits per heavy atom. The van der Waals surface area contributed by atoms with Gasteiger partial charge in [-0.2, -0.15) is 0 Å². The van der Waals surface area contributed by atoms with E-state index in [1.165, 1.54) is 11.3 Å². The van der Waals surface area contributed by atoms with Crippen LogP contribution < -0.4 is 16.0 Å². The zero-order valence-corrected chi connectivity index (χ0v) is 18.7. The molecule has 0 radical (unpaired) electrons. The largest absolute Gasteiger partial charge is 0.354 e. The monoisotopic (exact) mass is 448 g/mol. The molecular formula is C21H25ClN4O3S. The van der Waals surface area contributed by atoms with Gasteiger partial charge in [-0.05, 0) is 35.7 Å². The number of nitrogens with one attached hydrogen (secondary N) is 3. The van der Waals surface area contributed by atoms with Crippen LogP contribution in [0.4, 0.5) is 15.5 Å². The van der Waals surface area contributed by atoms with Gasteiger partial charge in [-0.3, -0.25) is 14.9 Å². The van der Waals surface area contributed by atoms with Gasteiger partial charge in [-0.15, -0.1) is 11.3 Å². The summed E-state index contributed by atoms with van der Waals surface area (Å²) in [6.07, 6.45) is 0.266. The van der Waals surface area contributed by atoms with Crippen LogP contribution in [0.1, 0.15) is 42.4 Å². The fourth-order valence-electron chi connectivity index (χ4n) is 2.95. The number of anilines is 2. The van der Waals surface area contributed by atoms with Gasteiger partial charge < -0.3 is 15.5 Å². The lowest BCUT2D eigenvalue weighted by molar-refractivity contribution is -0.120. The zero-order valence-electron chi connectivity index (χ0n) is 17.2. The molecule has 3 N–H and O–H groups in total. The second-order valence-corrected chi connectivity index (χ2v) is 9.57. The number of thiophene rings is 1. The highest BCUT2D eigenvalue weighted by atomic mass is 35.5. The third-order valence-electron chi connectivity index (χ3n) is 4.63. The molecule has 1 aromatic carbocycles. The van der Waals surface area contributed by atoms with Crippen molar-refractivity contribution in [3.05, 3.63) is 45.8 Å². The van der Waals surface area contributed by atoms with Gasteiger partial charge in [0.05, 0.1) is 5.56 Å². The Bertz CT molecular complexity index is 950. The lowest BCUT2D eigenvalue weighted by Gasteiger charge is -2.20. The standard InChI is InChI=1S/C21H25ClN4O3S/c1-21(2,3)16-12-15(19(28)26-10-8-17(27)23-9-11-26)18(30-16)25-20(29)24-14-6-4-13(22)5-7-14/h4-7,12H,8-11H2,1-3H3,(H,23,27)(H2,24,25,29). The summed E-state index contributed by atoms with van der Waals surface area (Å²) in [5.41, 5.74) is 0.850. The molecule has 2 heterocycles. The van der Waals surface area contributed by atoms with Crippen molar-refractivity contribution in [1.29, 1.82) is 0 Å². The molecule has 1 aromatic heterocycles. The van der Waals surface area contributed by atoms with Crippen LogP contribution in [-0.4, -0.2) is 42.4 Å². The number of hydrogen-bond donors (Lipinski definition) is 3. The Kier molecular flexibility index (Phi) is 6.67. The third-order valence-corrected chi connectivity index (χ3v) is 6.36. The van der Waals surface area contributed by atoms with Gasteiger partial charge in [-0.25, -0.2) is 4.79 Å². The van der Waals surface area contributed by atoms with Crippen LogP contribution in [0.15, 0.2) is 30.3 Å². The van der Waals surface area contributed by atoms with Crippen LogP contribution in [0.5, 0.6) is 0 Å². The van der Waals surface area contributed by atoms with Gasteiger partial charge in [0, 0.05) is 41.6 Å². The molecule has 1 aliphatic heterocycles. The van der Waals surface area contributed by atoms with Gasteiger partial charge in [0.2, 0.25) is 5.91 Å². The van der Waals surface area contributed by atoms with Gasteiger partial charge >= 0.3 is 6.03 Å². The van der Waals surface area contributed by atoms with Gasteiger partial charge in [0.15, 0.2) is 0 Å². The summed E-state index contributed by atoms with van der Waals surface area (Å²) in [5.74, 6) is -0.258. The lowest BCUT2D eigenvalue weighted by Crippen LogP contribution is -2.34. The van der Waals surface area contributed by atoms with Crippen molar-refractivity contribution in [3.63, 3.8) is 0 Å². The van der Waals surface area contributed by atoms with E-state index in [0.717, 1.165) is 4.88 Å². The van der Waals surface area contributed by atoms with E-state index < -0.39 is 6.03 Å². The van der Waals surface area contributed by atoms with Gasteiger partial charge in [-0.1, -0.05) is 32.4 Å². The highest BCUT2D eigenvalue weighted by molar-refractivity contribution is 7.16. The Balaban J connectivity index is 1.82. The molecule has 3 rings (SSSR count). The Hall–Kier alpha value is -2.58. The lowest BCUT2D eigenvalue weighted by atomic mass is 9.94. The van der Waals surface area contributed by atoms with E-state index in [9.17, 15) is 14.4 Å². The summed E-state index contributed by atoms with van der Waals surface area (Å²) in [4.78, 5) is 40.0. The fourth-order valence-corrected chi connectivity index (χ4v) is 4.18. The van der Waals surface area contributed by atoms with E-state index in [-0.39, 0.29) is 23.7 Å². The van der Waals surface area contributed by atoms with E-state index in [2.05, 4.69) is 36.7 Å². The molecular weight excluding hydrogens is 424 g/mol. The van der Waals surface area contributed by atoms with Gasteiger partial charge in [0.1, 0.15) is 5.00 Å². The molecule has 1 fully saturated rings. The maximum absolute atomic E-state index is 13.2. The first-order valence-electron chi connectivity index (χ1n) is 9.67. The number of hydrogen-bond acceptors (Lipinski definition) is 4. The van der Waals surface area contributed by atoms with E-state index in [1.807, 2.05) is 6.07 Å². The van der Waals surface area contributed by atoms with Crippen molar-refractivity contribution < 1.29 is 14.4 Å². The number of benzene rings is 1. The first kappa shape index (κ1) is 22.1. The van der Waals surface area contributed by atoms with Crippen molar-refractivity contribution in [3.8, 4) is 0 Å². The van der Waals surface area contributed by atoms with Crippen molar-refractivity contribution in [2.75, 3.05) is 30.3 Å². The van der Waals surface area contributed by atoms with Crippen molar-refractivity contribution in [1.82, 2.24) is 10.2 Å². The molecule has 0 saturated carbocycles. The predicted molar refractivity (Wildman–Crippen MR) is 121 cm³/mol. The normalized spacial score (nSPS) is 14.7. The number of halogens is 1. The summed E-state index contributed by atoms with van der Waals surface area (Å²) in [6.45, 7) is 7.36. The summed E-state index contributed by atoms with van der Waals surface area (Å²) in [6, 6.07) is 8.16. The van der Waals surface area contributed by atoms with Crippen LogP contribution in [0.2, 0.25) is 5.02 Å². The average molecular weight is 449 g/mol. The maximum Gasteiger partial charge on any atom is 0.324 e. The number of urea groups is 1. The SMILES string of the molecule is CC(C)(C)c1cc(C(=O)N2CCNC(=O)CC2)c(NC(=O)Nc2ccc(Cl)cc2)s1. The Morgan fingerprint density at radius 3 is 2.50 bits per heavy atom. The highest BCUT2D eigenvalue weighted by Crippen LogP contribution is 2.37. The fraction of sp³-hybridized carbons (Fsp3) is 0.381. The van der Waals surface area contributed by atoms with Crippen LogP contribution >= 0.6 is 22.9 Å². The van der Waals surface area contributed by atoms with E-state index >= 15 is 0 Å². The molecule has 9 heteroatoms. The summed E-state index contributed by atoms with van der Waals surface area (Å²) in [7, 11) is 0. The third kappa shape index (κ3) is 5.52. The number of nitrogens with zero attached hydrogens (tertiary/aromatic N) is 1. The molecule has 160 valence electrons. The van der Waals surface area contributed by atoms with E-state index in [1.54, 1.807) is 29.2 Å². The molecule has 0 bridgehead atoms. The second kappa shape index (κ2) is 9.06. The maximum atomic E-state index is 13.2. The molecule has 0 aliphatic carbocycles. The number of rotatable bonds is 3. The highest BCUT2D eigenvalue weighted by Gasteiger charge is 2.27. The average Bonchev–Trinajstić information content (AvgIpc) is 2.97. The van der Waals surface area contributed by atoms with Crippen LogP contribution in [0, 0.1) is 0 Å². The number of carbonyl (C=O) groups is 3. The molecule has 1 aliphatic rings. The summed E-state index contributed by atoms with van der Waals surface area (Å²) >= 11 is 7.26. The summed E-state index contributed by atoms with van der Waals surface area (Å²) in [5, 5.41) is 9.39. The van der Waals surface area contributed by atoms with E-state index in [4.69, 9.17) is 11.6 Å². The molecule has 0 unspecified atom stereocenters. The minimum absolute atomic E-state index is 0.0633. The molecule has 2 aromatic rings. The van der Waals surface area contributed by atoms with Crippen LogP contribution in [0.25, 0.3) is 0 Å². The van der Waals surface area contributed by atoms with Crippen molar-refractivity contribution in [2.24, 2.45) is 0 Å². The quantitative estimate of drug-likeness (QED) is 0.653. The number of amides is 4. The first-order valence-corrected chi connectivity index (χ1v) is 10.9. The smallest absolute Gasteiger partial charge is 0.324 e. The molecule has 7 nitrogen and oxygen atoms in total. The van der Waals surface area contributed by atoms with Crippen LogP contribution in [-0.2, 0) is 10.2 Å². The molecule has 4 amide bonds. The first-order chi connectivity index (χ1) is 14.1. The topological polar surface area (TPSA) is 90.5 Å². The second-order valence-electron chi connectivity index (χ2n) is 8.08. The van der Waals surface area contributed by atoms with Crippen molar-refractivity contribution >= 4 is 51.5 Å². The van der Waals surface area contributed by atoms with E-state index in [0.29, 0.717) is 40.9 Å². The summed E-state index contributed by atoms with van der Waals surface area (Å²) < 4.78 is 0. The molecule has 1 saturated heterocycles. The zero-order chi connectivity index (χ0) is 21.9. The predicted octanol–water partition coefficient (Wildman–Crippen LogP) is 4.31. The molecule has 0 atom stereocenters. The Labute approximate surface area is 184 Å². The van der Waals surface area contributed by atoms with Crippen LogP contribution in [0.3, 0.4) is 0 Å². The minimum Gasteiger partial charge on any atom is -0.354 e. The Morgan fingerprint density at radius 2 is 1.83 bits per heavy atom. The number of carbonyl (C=O) groups excluding carboxylic acids is 3. The minimum atomic E-state index is -0.443. The van der Waals surface area contributed by atoms with Gasteiger partial charge in [0.25, 0.3) is 5.91 Å². The molecule has 30 heavy (non-hydrogen) atoms. The molecule has 0 spiro atoms. The van der Waals surface area contributed by atoms with Crippen molar-refractivity contribution in [2.45, 2.75) is 32.6 Å².